The van der Waals surface area contributed by atoms with Crippen molar-refractivity contribution in [3.8, 4) is 0 Å². The molecule has 7 nitrogen and oxygen atoms in total. The third-order valence-electron chi connectivity index (χ3n) is 5.40. The number of hydrogen-bond acceptors (Lipinski definition) is 4. The number of amides is 3. The summed E-state index contributed by atoms with van der Waals surface area (Å²) in [5.41, 5.74) is 2.42. The van der Waals surface area contributed by atoms with Crippen molar-refractivity contribution in [1.82, 2.24) is 10.2 Å². The van der Waals surface area contributed by atoms with Crippen LogP contribution in [-0.2, 0) is 17.7 Å². The number of benzene rings is 1. The number of urea groups is 1. The Bertz CT molecular complexity index is 824. The van der Waals surface area contributed by atoms with Gasteiger partial charge in [-0.3, -0.25) is 4.79 Å². The Labute approximate surface area is 164 Å². The van der Waals surface area contributed by atoms with Crippen LogP contribution in [0.15, 0.2) is 41.0 Å². The first-order valence-electron chi connectivity index (χ1n) is 9.76. The average molecular weight is 383 g/mol. The predicted octanol–water partition coefficient (Wildman–Crippen LogP) is 3.03. The summed E-state index contributed by atoms with van der Waals surface area (Å²) in [6.45, 7) is 3.34. The van der Waals surface area contributed by atoms with Crippen molar-refractivity contribution in [2.75, 3.05) is 31.6 Å². The molecule has 2 aliphatic rings. The highest BCUT2D eigenvalue weighted by molar-refractivity contribution is 5.95. The van der Waals surface area contributed by atoms with Crippen LogP contribution in [0.4, 0.5) is 10.5 Å². The molecule has 2 aliphatic heterocycles. The first-order valence-corrected chi connectivity index (χ1v) is 9.76. The second kappa shape index (κ2) is 8.48. The summed E-state index contributed by atoms with van der Waals surface area (Å²) in [5, 5.41) is 5.87. The van der Waals surface area contributed by atoms with E-state index >= 15 is 0 Å². The number of anilines is 1. The molecule has 0 spiro atoms. The van der Waals surface area contributed by atoms with Crippen molar-refractivity contribution in [3.05, 3.63) is 53.5 Å². The van der Waals surface area contributed by atoms with E-state index in [4.69, 9.17) is 9.15 Å². The van der Waals surface area contributed by atoms with E-state index in [0.717, 1.165) is 38.2 Å². The van der Waals surface area contributed by atoms with Gasteiger partial charge in [0.15, 0.2) is 0 Å². The van der Waals surface area contributed by atoms with Crippen LogP contribution in [0.1, 0.15) is 34.5 Å². The number of fused-ring (bicyclic) bond motifs is 1. The van der Waals surface area contributed by atoms with Gasteiger partial charge in [-0.1, -0.05) is 0 Å². The van der Waals surface area contributed by atoms with Crippen LogP contribution < -0.4 is 10.6 Å². The van der Waals surface area contributed by atoms with Crippen LogP contribution in [0.5, 0.6) is 0 Å². The van der Waals surface area contributed by atoms with Gasteiger partial charge in [-0.2, -0.15) is 0 Å². The van der Waals surface area contributed by atoms with Crippen molar-refractivity contribution in [2.24, 2.45) is 5.92 Å². The number of rotatable bonds is 4. The van der Waals surface area contributed by atoms with Crippen LogP contribution >= 0.6 is 0 Å². The zero-order chi connectivity index (χ0) is 19.3. The molecule has 2 aromatic rings. The number of nitrogens with zero attached hydrogens (tertiary/aromatic N) is 1. The zero-order valence-corrected chi connectivity index (χ0v) is 15.8. The molecule has 0 bridgehead atoms. The lowest BCUT2D eigenvalue weighted by Crippen LogP contribution is -2.38. The summed E-state index contributed by atoms with van der Waals surface area (Å²) in [5.74, 6) is 1.24. The van der Waals surface area contributed by atoms with Crippen molar-refractivity contribution in [2.45, 2.75) is 25.8 Å². The van der Waals surface area contributed by atoms with Gasteiger partial charge in [0.25, 0.3) is 5.91 Å². The number of ether oxygens (including phenoxy) is 1. The molecular weight excluding hydrogens is 358 g/mol. The van der Waals surface area contributed by atoms with Gasteiger partial charge in [0, 0.05) is 37.6 Å². The molecule has 0 atom stereocenters. The molecule has 7 heteroatoms. The fourth-order valence-corrected chi connectivity index (χ4v) is 3.61. The summed E-state index contributed by atoms with van der Waals surface area (Å²) < 4.78 is 10.8. The molecule has 3 heterocycles. The molecule has 1 aromatic heterocycles. The minimum Gasteiger partial charge on any atom is -0.467 e. The summed E-state index contributed by atoms with van der Waals surface area (Å²) in [6, 6.07) is 8.76. The Morgan fingerprint density at radius 1 is 1.11 bits per heavy atom. The summed E-state index contributed by atoms with van der Waals surface area (Å²) in [4.78, 5) is 26.5. The standard InChI is InChI=1S/C21H25N3O4/c25-20(22-13-15-6-10-27-11-7-15)17-1-3-18(4-2-17)23-21(26)24-9-5-16-8-12-28-19(16)14-24/h1-4,8,12,15H,5-7,9-11,13-14H2,(H,22,25)(H,23,26). The quantitative estimate of drug-likeness (QED) is 0.850. The van der Waals surface area contributed by atoms with E-state index < -0.39 is 0 Å². The van der Waals surface area contributed by atoms with E-state index in [1.165, 1.54) is 5.56 Å². The predicted molar refractivity (Wildman–Crippen MR) is 104 cm³/mol. The molecular formula is C21H25N3O4. The van der Waals surface area contributed by atoms with Crippen molar-refractivity contribution in [3.63, 3.8) is 0 Å². The number of carbonyl (C=O) groups excluding carboxylic acids is 2. The molecule has 0 aliphatic carbocycles. The highest BCUT2D eigenvalue weighted by atomic mass is 16.5. The third-order valence-corrected chi connectivity index (χ3v) is 5.40. The van der Waals surface area contributed by atoms with Gasteiger partial charge in [-0.25, -0.2) is 4.79 Å². The molecule has 3 amide bonds. The van der Waals surface area contributed by atoms with Gasteiger partial charge in [0.2, 0.25) is 0 Å². The van der Waals surface area contributed by atoms with Crippen LogP contribution in [0.3, 0.4) is 0 Å². The second-order valence-electron chi connectivity index (χ2n) is 7.31. The van der Waals surface area contributed by atoms with Crippen LogP contribution in [0.25, 0.3) is 0 Å². The fourth-order valence-electron chi connectivity index (χ4n) is 3.61. The second-order valence-corrected chi connectivity index (χ2v) is 7.31. The molecule has 28 heavy (non-hydrogen) atoms. The lowest BCUT2D eigenvalue weighted by Gasteiger charge is -2.26. The van der Waals surface area contributed by atoms with Gasteiger partial charge in [-0.05, 0) is 61.1 Å². The molecule has 0 radical (unpaired) electrons. The molecule has 4 rings (SSSR count). The summed E-state index contributed by atoms with van der Waals surface area (Å²) in [7, 11) is 0. The van der Waals surface area contributed by atoms with E-state index in [9.17, 15) is 9.59 Å². The molecule has 1 aromatic carbocycles. The Kier molecular flexibility index (Phi) is 5.62. The number of carbonyl (C=O) groups is 2. The maximum absolute atomic E-state index is 12.5. The van der Waals surface area contributed by atoms with Crippen LogP contribution in [-0.4, -0.2) is 43.1 Å². The highest BCUT2D eigenvalue weighted by Crippen LogP contribution is 2.21. The average Bonchev–Trinajstić information content (AvgIpc) is 3.21. The summed E-state index contributed by atoms with van der Waals surface area (Å²) >= 11 is 0. The zero-order valence-electron chi connectivity index (χ0n) is 15.8. The SMILES string of the molecule is O=C(NCC1CCOCC1)c1ccc(NC(=O)N2CCc3ccoc3C2)cc1. The Morgan fingerprint density at radius 2 is 1.89 bits per heavy atom. The largest absolute Gasteiger partial charge is 0.467 e. The maximum Gasteiger partial charge on any atom is 0.322 e. The Balaban J connectivity index is 1.28. The van der Waals surface area contributed by atoms with Gasteiger partial charge in [0.1, 0.15) is 5.76 Å². The maximum atomic E-state index is 12.5. The van der Waals surface area contributed by atoms with Crippen LogP contribution in [0.2, 0.25) is 0 Å². The minimum absolute atomic E-state index is 0.0919. The fraction of sp³-hybridized carbons (Fsp3) is 0.429. The first-order chi connectivity index (χ1) is 13.7. The van der Waals surface area contributed by atoms with Gasteiger partial charge in [0.05, 0.1) is 12.8 Å². The molecule has 2 N–H and O–H groups in total. The third kappa shape index (κ3) is 4.36. The van der Waals surface area contributed by atoms with Crippen molar-refractivity contribution < 1.29 is 18.7 Å². The molecule has 1 saturated heterocycles. The van der Waals surface area contributed by atoms with E-state index in [0.29, 0.717) is 36.8 Å². The minimum atomic E-state index is -0.168. The van der Waals surface area contributed by atoms with Crippen LogP contribution in [0, 0.1) is 5.92 Å². The highest BCUT2D eigenvalue weighted by Gasteiger charge is 2.23. The van der Waals surface area contributed by atoms with E-state index in [-0.39, 0.29) is 11.9 Å². The van der Waals surface area contributed by atoms with E-state index in [1.54, 1.807) is 35.4 Å². The van der Waals surface area contributed by atoms with Gasteiger partial charge in [-0.15, -0.1) is 0 Å². The van der Waals surface area contributed by atoms with E-state index in [1.807, 2.05) is 6.07 Å². The molecule has 148 valence electrons. The number of furan rings is 1. The molecule has 1 fully saturated rings. The topological polar surface area (TPSA) is 83.8 Å². The Morgan fingerprint density at radius 3 is 2.68 bits per heavy atom. The monoisotopic (exact) mass is 383 g/mol. The van der Waals surface area contributed by atoms with E-state index in [2.05, 4.69) is 10.6 Å². The lowest BCUT2D eigenvalue weighted by atomic mass is 10.0. The Hall–Kier alpha value is -2.80. The van der Waals surface area contributed by atoms with Gasteiger partial charge >= 0.3 is 6.03 Å². The number of hydrogen-bond donors (Lipinski definition) is 2. The first kappa shape index (κ1) is 18.6. The summed E-state index contributed by atoms with van der Waals surface area (Å²) in [6.07, 6.45) is 4.44. The van der Waals surface area contributed by atoms with Gasteiger partial charge < -0.3 is 24.7 Å². The lowest BCUT2D eigenvalue weighted by molar-refractivity contribution is 0.0642. The van der Waals surface area contributed by atoms with Crippen molar-refractivity contribution >= 4 is 17.6 Å². The molecule has 0 unspecified atom stereocenters. The van der Waals surface area contributed by atoms with Crippen molar-refractivity contribution in [1.29, 1.82) is 0 Å². The number of nitrogens with one attached hydrogen (secondary N) is 2. The molecule has 0 saturated carbocycles. The normalized spacial score (nSPS) is 17.1. The smallest absolute Gasteiger partial charge is 0.322 e.